The van der Waals surface area contributed by atoms with Crippen molar-refractivity contribution in [2.45, 2.75) is 38.4 Å². The number of benzene rings is 1. The van der Waals surface area contributed by atoms with Crippen LogP contribution in [0.15, 0.2) is 49.2 Å². The summed E-state index contributed by atoms with van der Waals surface area (Å²) in [5.41, 5.74) is 3.70. The minimum atomic E-state index is -0.392. The highest BCUT2D eigenvalue weighted by molar-refractivity contribution is 5.94. The number of nitriles is 1. The van der Waals surface area contributed by atoms with Crippen LogP contribution < -0.4 is 0 Å². The van der Waals surface area contributed by atoms with E-state index in [9.17, 15) is 9.18 Å². The summed E-state index contributed by atoms with van der Waals surface area (Å²) >= 11 is 0. The Balaban J connectivity index is 1.26. The molecule has 5 rings (SSSR count). The lowest BCUT2D eigenvalue weighted by atomic mass is 10.1. The molecule has 1 amide bonds. The van der Waals surface area contributed by atoms with Crippen LogP contribution in [0.3, 0.4) is 0 Å². The molecule has 0 spiro atoms. The van der Waals surface area contributed by atoms with Gasteiger partial charge < -0.3 is 14.8 Å². The van der Waals surface area contributed by atoms with Crippen molar-refractivity contribution < 1.29 is 9.18 Å². The third kappa shape index (κ3) is 6.35. The SMILES string of the molecule is CN(C)Cc1cc(F)cc(C(=O)N2CCN([C@@H](CCCC#N)Cn3cc(-c4ncnc5[nH]ccc45)cn3)CC2)c1. The minimum Gasteiger partial charge on any atom is -0.346 e. The van der Waals surface area contributed by atoms with Crippen LogP contribution in [0.1, 0.15) is 35.2 Å². The third-order valence-corrected chi connectivity index (χ3v) is 7.31. The van der Waals surface area contributed by atoms with Crippen molar-refractivity contribution in [2.75, 3.05) is 40.3 Å². The Bertz CT molecular complexity index is 1500. The smallest absolute Gasteiger partial charge is 0.254 e. The molecule has 0 radical (unpaired) electrons. The van der Waals surface area contributed by atoms with Crippen LogP contribution in [-0.2, 0) is 13.1 Å². The van der Waals surface area contributed by atoms with Gasteiger partial charge in [0.05, 0.1) is 24.5 Å². The number of nitrogens with zero attached hydrogens (tertiary/aromatic N) is 8. The number of unbranched alkanes of at least 4 members (excludes halogenated alkanes) is 1. The number of amides is 1. The van der Waals surface area contributed by atoms with Crippen LogP contribution in [0, 0.1) is 17.1 Å². The monoisotopic (exact) mass is 543 g/mol. The number of hydrogen-bond acceptors (Lipinski definition) is 7. The molecule has 1 aromatic carbocycles. The zero-order valence-corrected chi connectivity index (χ0v) is 22.9. The Morgan fingerprint density at radius 3 is 2.80 bits per heavy atom. The minimum absolute atomic E-state index is 0.141. The van der Waals surface area contributed by atoms with Gasteiger partial charge in [0.25, 0.3) is 5.91 Å². The molecular formula is C29H34FN9O. The van der Waals surface area contributed by atoms with Crippen molar-refractivity contribution in [3.8, 4) is 17.3 Å². The maximum Gasteiger partial charge on any atom is 0.254 e. The predicted molar refractivity (Wildman–Crippen MR) is 150 cm³/mol. The summed E-state index contributed by atoms with van der Waals surface area (Å²) in [6.45, 7) is 3.75. The Morgan fingerprint density at radius 1 is 1.20 bits per heavy atom. The quantitative estimate of drug-likeness (QED) is 0.305. The van der Waals surface area contributed by atoms with Gasteiger partial charge in [-0.15, -0.1) is 0 Å². The number of piperazine rings is 1. The second kappa shape index (κ2) is 12.4. The van der Waals surface area contributed by atoms with E-state index >= 15 is 0 Å². The highest BCUT2D eigenvalue weighted by Crippen LogP contribution is 2.25. The normalized spacial score (nSPS) is 15.0. The van der Waals surface area contributed by atoms with Crippen molar-refractivity contribution >= 4 is 16.9 Å². The van der Waals surface area contributed by atoms with Gasteiger partial charge in [-0.05, 0) is 56.8 Å². The molecule has 1 aliphatic rings. The van der Waals surface area contributed by atoms with Crippen molar-refractivity contribution in [3.63, 3.8) is 0 Å². The number of carbonyl (C=O) groups excluding carboxylic acids is 1. The molecule has 1 saturated heterocycles. The van der Waals surface area contributed by atoms with Gasteiger partial charge in [-0.3, -0.25) is 14.4 Å². The molecule has 0 bridgehead atoms. The summed E-state index contributed by atoms with van der Waals surface area (Å²) in [6.07, 6.45) is 9.36. The Hall–Kier alpha value is -4.14. The fraction of sp³-hybridized carbons (Fsp3) is 0.414. The lowest BCUT2D eigenvalue weighted by Gasteiger charge is -2.39. The number of fused-ring (bicyclic) bond motifs is 1. The standard InChI is InChI=1S/C29H34FN9O/c1-36(2)17-21-13-22(15-24(30)14-21)29(40)38-11-9-37(10-12-38)25(5-3-4-7-31)19-39-18-23(16-35-39)27-26-6-8-32-28(26)34-20-33-27/h6,8,13-16,18,20,25H,3-5,9-12,17,19H2,1-2H3,(H,32,33,34)/t25-/m0/s1. The molecule has 11 heteroatoms. The highest BCUT2D eigenvalue weighted by Gasteiger charge is 2.27. The Morgan fingerprint density at radius 2 is 2.02 bits per heavy atom. The fourth-order valence-corrected chi connectivity index (χ4v) is 5.41. The molecule has 1 atom stereocenters. The number of hydrogen-bond donors (Lipinski definition) is 1. The largest absolute Gasteiger partial charge is 0.346 e. The van der Waals surface area contributed by atoms with Crippen LogP contribution in [0.25, 0.3) is 22.3 Å². The summed E-state index contributed by atoms with van der Waals surface area (Å²) < 4.78 is 16.2. The zero-order chi connectivity index (χ0) is 28.1. The molecule has 1 fully saturated rings. The van der Waals surface area contributed by atoms with Gasteiger partial charge >= 0.3 is 0 Å². The van der Waals surface area contributed by atoms with Gasteiger partial charge in [0.15, 0.2) is 0 Å². The average molecular weight is 544 g/mol. The van der Waals surface area contributed by atoms with Gasteiger partial charge in [0.2, 0.25) is 0 Å². The lowest BCUT2D eigenvalue weighted by molar-refractivity contribution is 0.0531. The van der Waals surface area contributed by atoms with Gasteiger partial charge in [0.1, 0.15) is 17.8 Å². The van der Waals surface area contributed by atoms with E-state index in [0.717, 1.165) is 40.7 Å². The topological polar surface area (TPSA) is 110 Å². The van der Waals surface area contributed by atoms with Crippen LogP contribution >= 0.6 is 0 Å². The number of H-pyrrole nitrogens is 1. The lowest BCUT2D eigenvalue weighted by Crippen LogP contribution is -2.53. The van der Waals surface area contributed by atoms with Gasteiger partial charge in [0, 0.05) is 74.1 Å². The second-order valence-electron chi connectivity index (χ2n) is 10.5. The predicted octanol–water partition coefficient (Wildman–Crippen LogP) is 3.54. The molecule has 0 unspecified atom stereocenters. The molecule has 1 N–H and O–H groups in total. The zero-order valence-electron chi connectivity index (χ0n) is 22.9. The highest BCUT2D eigenvalue weighted by atomic mass is 19.1. The summed E-state index contributed by atoms with van der Waals surface area (Å²) in [4.78, 5) is 31.2. The van der Waals surface area contributed by atoms with E-state index in [1.165, 1.54) is 12.1 Å². The van der Waals surface area contributed by atoms with E-state index in [1.807, 2.05) is 48.3 Å². The van der Waals surface area contributed by atoms with Crippen LogP contribution in [0.2, 0.25) is 0 Å². The van der Waals surface area contributed by atoms with E-state index in [1.54, 1.807) is 17.3 Å². The summed E-state index contributed by atoms with van der Waals surface area (Å²) in [7, 11) is 3.83. The number of aromatic amines is 1. The summed E-state index contributed by atoms with van der Waals surface area (Å²) in [6, 6.07) is 8.96. The van der Waals surface area contributed by atoms with E-state index in [4.69, 9.17) is 5.26 Å². The van der Waals surface area contributed by atoms with Gasteiger partial charge in [-0.1, -0.05) is 0 Å². The summed E-state index contributed by atoms with van der Waals surface area (Å²) in [5, 5.41) is 14.7. The van der Waals surface area contributed by atoms with Crippen LogP contribution in [0.4, 0.5) is 4.39 Å². The van der Waals surface area contributed by atoms with Crippen molar-refractivity contribution in [1.29, 1.82) is 5.26 Å². The molecule has 1 aliphatic heterocycles. The molecular weight excluding hydrogens is 509 g/mol. The summed E-state index contributed by atoms with van der Waals surface area (Å²) in [5.74, 6) is -0.533. The number of carbonyl (C=O) groups is 1. The van der Waals surface area contributed by atoms with E-state index in [-0.39, 0.29) is 11.9 Å². The van der Waals surface area contributed by atoms with E-state index < -0.39 is 5.82 Å². The van der Waals surface area contributed by atoms with E-state index in [2.05, 4.69) is 31.0 Å². The van der Waals surface area contributed by atoms with Gasteiger partial charge in [-0.2, -0.15) is 10.4 Å². The number of rotatable bonds is 10. The second-order valence-corrected chi connectivity index (χ2v) is 10.5. The third-order valence-electron chi connectivity index (χ3n) is 7.31. The first-order chi connectivity index (χ1) is 19.4. The fourth-order valence-electron chi connectivity index (χ4n) is 5.41. The molecule has 4 aromatic rings. The molecule has 10 nitrogen and oxygen atoms in total. The first-order valence-electron chi connectivity index (χ1n) is 13.6. The van der Waals surface area contributed by atoms with Crippen LogP contribution in [0.5, 0.6) is 0 Å². The molecule has 40 heavy (non-hydrogen) atoms. The maximum absolute atomic E-state index is 14.3. The number of halogens is 1. The van der Waals surface area contributed by atoms with E-state index in [0.29, 0.717) is 51.3 Å². The number of aromatic nitrogens is 5. The molecule has 0 aliphatic carbocycles. The molecule has 0 saturated carbocycles. The Labute approximate surface area is 233 Å². The van der Waals surface area contributed by atoms with Crippen molar-refractivity contribution in [1.82, 2.24) is 39.4 Å². The molecule has 3 aromatic heterocycles. The average Bonchev–Trinajstić information content (AvgIpc) is 3.61. The number of nitrogens with one attached hydrogen (secondary N) is 1. The maximum atomic E-state index is 14.3. The molecule has 4 heterocycles. The first kappa shape index (κ1) is 27.4. The first-order valence-corrected chi connectivity index (χ1v) is 13.6. The van der Waals surface area contributed by atoms with Crippen LogP contribution in [-0.4, -0.2) is 91.7 Å². The Kier molecular flexibility index (Phi) is 8.48. The van der Waals surface area contributed by atoms with Crippen molar-refractivity contribution in [3.05, 3.63) is 66.1 Å². The van der Waals surface area contributed by atoms with Crippen molar-refractivity contribution in [2.24, 2.45) is 0 Å². The molecule has 208 valence electrons. The van der Waals surface area contributed by atoms with Gasteiger partial charge in [-0.25, -0.2) is 14.4 Å².